The molecular formula is C17H21ClN2O. The predicted molar refractivity (Wildman–Crippen MR) is 86.5 cm³/mol. The molecular weight excluding hydrogens is 284 g/mol. The summed E-state index contributed by atoms with van der Waals surface area (Å²) in [6.07, 6.45) is 5.20. The van der Waals surface area contributed by atoms with Crippen molar-refractivity contribution >= 4 is 17.5 Å². The number of rotatable bonds is 3. The number of carbonyl (C=O) groups excluding carboxylic acids is 1. The van der Waals surface area contributed by atoms with E-state index in [2.05, 4.69) is 22.1 Å². The molecule has 3 nitrogen and oxygen atoms in total. The molecule has 1 saturated heterocycles. The fourth-order valence-corrected chi connectivity index (χ4v) is 2.61. The first-order valence-corrected chi connectivity index (χ1v) is 7.86. The number of nitrogens with zero attached hydrogens (tertiary/aromatic N) is 1. The zero-order chi connectivity index (χ0) is 14.9. The summed E-state index contributed by atoms with van der Waals surface area (Å²) in [7, 11) is 0. The summed E-state index contributed by atoms with van der Waals surface area (Å²) in [5.74, 6) is 5.96. The van der Waals surface area contributed by atoms with E-state index in [-0.39, 0.29) is 5.91 Å². The molecule has 4 heteroatoms. The summed E-state index contributed by atoms with van der Waals surface area (Å²) >= 11 is 5.97. The molecule has 1 aromatic rings. The van der Waals surface area contributed by atoms with Crippen LogP contribution in [0.5, 0.6) is 0 Å². The highest BCUT2D eigenvalue weighted by Crippen LogP contribution is 2.14. The smallest absolute Gasteiger partial charge is 0.253 e. The number of nitrogens with one attached hydrogen (secondary N) is 1. The number of likely N-dealkylation sites (tertiary alicyclic amines) is 1. The van der Waals surface area contributed by atoms with Crippen LogP contribution < -0.4 is 5.32 Å². The van der Waals surface area contributed by atoms with Crippen LogP contribution in [-0.4, -0.2) is 37.0 Å². The molecule has 2 rings (SSSR count). The van der Waals surface area contributed by atoms with Crippen LogP contribution in [0.2, 0.25) is 5.02 Å². The summed E-state index contributed by atoms with van der Waals surface area (Å²) in [4.78, 5) is 14.3. The van der Waals surface area contributed by atoms with E-state index < -0.39 is 0 Å². The molecule has 0 atom stereocenters. The Labute approximate surface area is 131 Å². The molecule has 21 heavy (non-hydrogen) atoms. The van der Waals surface area contributed by atoms with Gasteiger partial charge in [-0.05, 0) is 38.1 Å². The molecule has 1 aliphatic heterocycles. The van der Waals surface area contributed by atoms with Gasteiger partial charge in [0.25, 0.3) is 5.91 Å². The molecule has 1 heterocycles. The Kier molecular flexibility index (Phi) is 6.59. The molecule has 1 fully saturated rings. The first-order chi connectivity index (χ1) is 10.3. The lowest BCUT2D eigenvalue weighted by molar-refractivity contribution is 0.0959. The van der Waals surface area contributed by atoms with E-state index in [1.807, 2.05) is 0 Å². The molecule has 0 unspecified atom stereocenters. The minimum absolute atomic E-state index is 0.176. The molecule has 0 bridgehead atoms. The Morgan fingerprint density at radius 2 is 1.86 bits per heavy atom. The lowest BCUT2D eigenvalue weighted by Crippen LogP contribution is -2.26. The average Bonchev–Trinajstić information content (AvgIpc) is 2.76. The SMILES string of the molecule is O=C(NCC#CCN1CCCCCC1)c1ccccc1Cl. The maximum atomic E-state index is 11.9. The highest BCUT2D eigenvalue weighted by molar-refractivity contribution is 6.33. The third-order valence-corrected chi connectivity index (χ3v) is 3.91. The number of amides is 1. The molecule has 112 valence electrons. The van der Waals surface area contributed by atoms with Gasteiger partial charge < -0.3 is 5.32 Å². The molecule has 0 radical (unpaired) electrons. The van der Waals surface area contributed by atoms with Crippen molar-refractivity contribution < 1.29 is 4.79 Å². The van der Waals surface area contributed by atoms with Crippen LogP contribution in [0.15, 0.2) is 24.3 Å². The van der Waals surface area contributed by atoms with Gasteiger partial charge in [-0.15, -0.1) is 0 Å². The van der Waals surface area contributed by atoms with Crippen LogP contribution in [0.1, 0.15) is 36.0 Å². The van der Waals surface area contributed by atoms with E-state index in [4.69, 9.17) is 11.6 Å². The summed E-state index contributed by atoms with van der Waals surface area (Å²) in [5.41, 5.74) is 0.494. The standard InChI is InChI=1S/C17H21ClN2O/c18-16-10-4-3-9-15(16)17(21)19-11-5-8-14-20-12-6-1-2-7-13-20/h3-4,9-10H,1-2,6-7,11-14H2,(H,19,21). The van der Waals surface area contributed by atoms with E-state index in [9.17, 15) is 4.79 Å². The van der Waals surface area contributed by atoms with Gasteiger partial charge in [0.05, 0.1) is 23.7 Å². The van der Waals surface area contributed by atoms with Gasteiger partial charge in [-0.3, -0.25) is 9.69 Å². The Morgan fingerprint density at radius 3 is 2.57 bits per heavy atom. The Bertz CT molecular complexity index is 525. The molecule has 0 spiro atoms. The minimum atomic E-state index is -0.176. The van der Waals surface area contributed by atoms with Crippen molar-refractivity contribution in [3.8, 4) is 11.8 Å². The summed E-state index contributed by atoms with van der Waals surface area (Å²) in [6, 6.07) is 7.02. The second-order valence-corrected chi connectivity index (χ2v) is 5.61. The third-order valence-electron chi connectivity index (χ3n) is 3.58. The van der Waals surface area contributed by atoms with Gasteiger partial charge in [0, 0.05) is 0 Å². The maximum absolute atomic E-state index is 11.9. The molecule has 0 aliphatic carbocycles. The minimum Gasteiger partial charge on any atom is -0.341 e. The lowest BCUT2D eigenvalue weighted by atomic mass is 10.2. The van der Waals surface area contributed by atoms with E-state index in [1.54, 1.807) is 24.3 Å². The normalized spacial score (nSPS) is 15.7. The van der Waals surface area contributed by atoms with E-state index in [0.29, 0.717) is 17.1 Å². The largest absolute Gasteiger partial charge is 0.341 e. The van der Waals surface area contributed by atoms with Crippen molar-refractivity contribution in [2.24, 2.45) is 0 Å². The Balaban J connectivity index is 1.73. The van der Waals surface area contributed by atoms with Gasteiger partial charge in [-0.1, -0.05) is 48.4 Å². The Morgan fingerprint density at radius 1 is 1.14 bits per heavy atom. The fraction of sp³-hybridized carbons (Fsp3) is 0.471. The van der Waals surface area contributed by atoms with Crippen molar-refractivity contribution in [1.29, 1.82) is 0 Å². The number of hydrogen-bond donors (Lipinski definition) is 1. The topological polar surface area (TPSA) is 32.3 Å². The van der Waals surface area contributed by atoms with E-state index in [0.717, 1.165) is 19.6 Å². The van der Waals surface area contributed by atoms with Gasteiger partial charge in [-0.25, -0.2) is 0 Å². The first-order valence-electron chi connectivity index (χ1n) is 7.48. The summed E-state index contributed by atoms with van der Waals surface area (Å²) in [5, 5.41) is 3.24. The van der Waals surface area contributed by atoms with Gasteiger partial charge in [0.15, 0.2) is 0 Å². The van der Waals surface area contributed by atoms with Gasteiger partial charge in [0.1, 0.15) is 0 Å². The molecule has 0 aromatic heterocycles. The summed E-state index contributed by atoms with van der Waals surface area (Å²) < 4.78 is 0. The zero-order valence-corrected chi connectivity index (χ0v) is 13.0. The van der Waals surface area contributed by atoms with Crippen LogP contribution in [0.25, 0.3) is 0 Å². The second kappa shape index (κ2) is 8.71. The van der Waals surface area contributed by atoms with E-state index in [1.165, 1.54) is 25.7 Å². The summed E-state index contributed by atoms with van der Waals surface area (Å²) in [6.45, 7) is 3.43. The van der Waals surface area contributed by atoms with Crippen LogP contribution >= 0.6 is 11.6 Å². The number of halogens is 1. The highest BCUT2D eigenvalue weighted by atomic mass is 35.5. The van der Waals surface area contributed by atoms with Crippen molar-refractivity contribution in [2.75, 3.05) is 26.2 Å². The van der Waals surface area contributed by atoms with E-state index >= 15 is 0 Å². The van der Waals surface area contributed by atoms with Crippen LogP contribution in [-0.2, 0) is 0 Å². The van der Waals surface area contributed by atoms with Crippen LogP contribution in [0, 0.1) is 11.8 Å². The molecule has 0 saturated carbocycles. The molecule has 1 amide bonds. The number of benzene rings is 1. The second-order valence-electron chi connectivity index (χ2n) is 5.21. The average molecular weight is 305 g/mol. The van der Waals surface area contributed by atoms with Crippen molar-refractivity contribution in [3.05, 3.63) is 34.9 Å². The maximum Gasteiger partial charge on any atom is 0.253 e. The van der Waals surface area contributed by atoms with Crippen molar-refractivity contribution in [1.82, 2.24) is 10.2 Å². The third kappa shape index (κ3) is 5.41. The first kappa shape index (κ1) is 15.9. The molecule has 1 N–H and O–H groups in total. The number of carbonyl (C=O) groups is 1. The van der Waals surface area contributed by atoms with Gasteiger partial charge in [0.2, 0.25) is 0 Å². The molecule has 1 aliphatic rings. The predicted octanol–water partition coefficient (Wildman–Crippen LogP) is 2.95. The van der Waals surface area contributed by atoms with Crippen LogP contribution in [0.4, 0.5) is 0 Å². The fourth-order valence-electron chi connectivity index (χ4n) is 2.39. The van der Waals surface area contributed by atoms with Crippen molar-refractivity contribution in [3.63, 3.8) is 0 Å². The van der Waals surface area contributed by atoms with Gasteiger partial charge in [-0.2, -0.15) is 0 Å². The van der Waals surface area contributed by atoms with Gasteiger partial charge >= 0.3 is 0 Å². The van der Waals surface area contributed by atoms with Crippen molar-refractivity contribution in [2.45, 2.75) is 25.7 Å². The Hall–Kier alpha value is -1.50. The quantitative estimate of drug-likeness (QED) is 0.871. The lowest BCUT2D eigenvalue weighted by Gasteiger charge is -2.15. The van der Waals surface area contributed by atoms with Crippen LogP contribution in [0.3, 0.4) is 0 Å². The highest BCUT2D eigenvalue weighted by Gasteiger charge is 2.08. The molecule has 1 aromatic carbocycles. The number of hydrogen-bond acceptors (Lipinski definition) is 2. The zero-order valence-electron chi connectivity index (χ0n) is 12.2. The monoisotopic (exact) mass is 304 g/mol.